The number of aliphatic imine (C=N–C) groups is 1. The largest absolute Gasteiger partial charge is 0.486 e. The van der Waals surface area contributed by atoms with Gasteiger partial charge in [-0.15, -0.1) is 0 Å². The van der Waals surface area contributed by atoms with Crippen molar-refractivity contribution in [2.75, 3.05) is 0 Å². The van der Waals surface area contributed by atoms with Gasteiger partial charge in [0.05, 0.1) is 32.7 Å². The van der Waals surface area contributed by atoms with E-state index in [4.69, 9.17) is 44.5 Å². The van der Waals surface area contributed by atoms with Gasteiger partial charge in [0.25, 0.3) is 5.91 Å². The maximum Gasteiger partial charge on any atom is 0.335 e. The zero-order valence-corrected chi connectivity index (χ0v) is 24.3. The van der Waals surface area contributed by atoms with E-state index in [-0.39, 0.29) is 24.6 Å². The number of carboxylic acid groups (broad SMARTS) is 1. The third-order valence-electron chi connectivity index (χ3n) is 6.03. The minimum Gasteiger partial charge on any atom is -0.486 e. The van der Waals surface area contributed by atoms with Gasteiger partial charge >= 0.3 is 5.97 Å². The van der Waals surface area contributed by atoms with Gasteiger partial charge in [-0.2, -0.15) is 0 Å². The summed E-state index contributed by atoms with van der Waals surface area (Å²) in [4.78, 5) is 31.5. The smallest absolute Gasteiger partial charge is 0.335 e. The Hall–Kier alpha value is -3.75. The van der Waals surface area contributed by atoms with Crippen LogP contribution in [0, 0.1) is 0 Å². The topological polar surface area (TPSA) is 79.2 Å². The molecule has 5 rings (SSSR count). The lowest BCUT2D eigenvalue weighted by molar-refractivity contribution is -0.122. The Labute approximate surface area is 255 Å². The predicted octanol–water partition coefficient (Wildman–Crippen LogP) is 8.73. The van der Waals surface area contributed by atoms with E-state index in [1.807, 2.05) is 42.5 Å². The number of amides is 1. The van der Waals surface area contributed by atoms with E-state index in [1.54, 1.807) is 47.4 Å². The van der Waals surface area contributed by atoms with Crippen LogP contribution in [0.5, 0.6) is 5.75 Å². The van der Waals surface area contributed by atoms with Crippen LogP contribution in [0.1, 0.15) is 27.0 Å². The zero-order chi connectivity index (χ0) is 28.9. The molecule has 10 heteroatoms. The molecule has 0 unspecified atom stereocenters. The number of thioether (sulfide) groups is 1. The molecule has 4 aromatic rings. The van der Waals surface area contributed by atoms with Gasteiger partial charge < -0.3 is 9.84 Å². The molecule has 0 aliphatic carbocycles. The highest BCUT2D eigenvalue weighted by Crippen LogP contribution is 2.39. The summed E-state index contributed by atoms with van der Waals surface area (Å²) in [5, 5.41) is 10.9. The second-order valence-corrected chi connectivity index (χ2v) is 11.2. The first-order chi connectivity index (χ1) is 19.8. The fourth-order valence-electron chi connectivity index (χ4n) is 3.97. The van der Waals surface area contributed by atoms with Crippen molar-refractivity contribution in [2.24, 2.45) is 4.99 Å². The summed E-state index contributed by atoms with van der Waals surface area (Å²) in [6.45, 7) is 0.473. The van der Waals surface area contributed by atoms with Crippen molar-refractivity contribution in [1.29, 1.82) is 0 Å². The third-order valence-corrected chi connectivity index (χ3v) is 7.85. The van der Waals surface area contributed by atoms with Gasteiger partial charge in [-0.1, -0.05) is 77.3 Å². The number of carboxylic acids is 1. The van der Waals surface area contributed by atoms with Crippen LogP contribution in [-0.4, -0.2) is 27.1 Å². The molecule has 6 nitrogen and oxygen atoms in total. The number of aromatic carboxylic acids is 1. The first-order valence-electron chi connectivity index (χ1n) is 12.3. The highest BCUT2D eigenvalue weighted by Gasteiger charge is 2.33. The van der Waals surface area contributed by atoms with E-state index in [9.17, 15) is 14.7 Å². The average molecular weight is 624 g/mol. The van der Waals surface area contributed by atoms with Gasteiger partial charge in [-0.05, 0) is 83.1 Å². The van der Waals surface area contributed by atoms with Crippen molar-refractivity contribution in [2.45, 2.75) is 13.2 Å². The summed E-state index contributed by atoms with van der Waals surface area (Å²) < 4.78 is 5.87. The van der Waals surface area contributed by atoms with Crippen molar-refractivity contribution in [3.63, 3.8) is 0 Å². The summed E-state index contributed by atoms with van der Waals surface area (Å²) in [5.74, 6) is -0.921. The standard InChI is InChI=1S/C31H21Cl3N2O4S/c32-23-12-8-20(9-13-23)18-40-28-25(33)14-21(15-26(28)34)16-27-29(37)36(17-19-6-10-22(11-7-19)30(38)39)31(41-27)35-24-4-2-1-3-5-24/h1-16H,17-18H2,(H,38,39)/b27-16-,35-31?. The van der Waals surface area contributed by atoms with Gasteiger partial charge in [-0.3, -0.25) is 9.69 Å². The van der Waals surface area contributed by atoms with Crippen LogP contribution in [0.4, 0.5) is 5.69 Å². The molecule has 0 bridgehead atoms. The van der Waals surface area contributed by atoms with E-state index in [0.717, 1.165) is 11.1 Å². The molecule has 0 atom stereocenters. The maximum atomic E-state index is 13.6. The number of amidine groups is 1. The number of hydrogen-bond donors (Lipinski definition) is 1. The Bertz CT molecular complexity index is 1630. The molecule has 4 aromatic carbocycles. The molecular formula is C31H21Cl3N2O4S. The van der Waals surface area contributed by atoms with Gasteiger partial charge in [0.15, 0.2) is 10.9 Å². The summed E-state index contributed by atoms with van der Waals surface area (Å²) in [5.41, 5.74) is 3.16. The SMILES string of the molecule is O=C(O)c1ccc(CN2C(=O)/C(=C/c3cc(Cl)c(OCc4ccc(Cl)cc4)c(Cl)c3)SC2=Nc2ccccc2)cc1. The quantitative estimate of drug-likeness (QED) is 0.199. The number of para-hydroxylation sites is 1. The van der Waals surface area contributed by atoms with Gasteiger partial charge in [0, 0.05) is 5.02 Å². The molecule has 0 aromatic heterocycles. The number of benzene rings is 4. The lowest BCUT2D eigenvalue weighted by Gasteiger charge is -2.16. The molecule has 0 spiro atoms. The summed E-state index contributed by atoms with van der Waals surface area (Å²) in [6, 6.07) is 26.4. The Morgan fingerprint density at radius 3 is 2.17 bits per heavy atom. The van der Waals surface area contributed by atoms with Crippen molar-refractivity contribution in [1.82, 2.24) is 4.90 Å². The molecule has 1 aliphatic rings. The Morgan fingerprint density at radius 1 is 0.902 bits per heavy atom. The summed E-state index contributed by atoms with van der Waals surface area (Å²) in [7, 11) is 0. The van der Waals surface area contributed by atoms with E-state index >= 15 is 0 Å². The van der Waals surface area contributed by atoms with Crippen LogP contribution in [-0.2, 0) is 17.9 Å². The van der Waals surface area contributed by atoms with Crippen molar-refractivity contribution >= 4 is 75.4 Å². The number of carbonyl (C=O) groups is 2. The zero-order valence-electron chi connectivity index (χ0n) is 21.3. The van der Waals surface area contributed by atoms with Gasteiger partial charge in [-0.25, -0.2) is 9.79 Å². The number of halogens is 3. The molecule has 1 saturated heterocycles. The van der Waals surface area contributed by atoms with Crippen LogP contribution >= 0.6 is 46.6 Å². The molecule has 1 N–H and O–H groups in total. The normalized spacial score (nSPS) is 15.1. The van der Waals surface area contributed by atoms with E-state index in [2.05, 4.69) is 0 Å². The van der Waals surface area contributed by atoms with Gasteiger partial charge in [0.1, 0.15) is 6.61 Å². The van der Waals surface area contributed by atoms with Gasteiger partial charge in [0.2, 0.25) is 0 Å². The first-order valence-corrected chi connectivity index (χ1v) is 14.3. The van der Waals surface area contributed by atoms with Crippen LogP contribution in [0.15, 0.2) is 101 Å². The predicted molar refractivity (Wildman–Crippen MR) is 165 cm³/mol. The monoisotopic (exact) mass is 622 g/mol. The number of carbonyl (C=O) groups excluding carboxylic acids is 1. The highest BCUT2D eigenvalue weighted by molar-refractivity contribution is 8.18. The Balaban J connectivity index is 1.40. The Kier molecular flexibility index (Phi) is 9.00. The highest BCUT2D eigenvalue weighted by atomic mass is 35.5. The minimum atomic E-state index is -1.01. The Morgan fingerprint density at radius 2 is 1.54 bits per heavy atom. The number of nitrogens with zero attached hydrogens (tertiary/aromatic N) is 2. The van der Waals surface area contributed by atoms with Crippen LogP contribution < -0.4 is 4.74 Å². The molecular weight excluding hydrogens is 603 g/mol. The summed E-state index contributed by atoms with van der Waals surface area (Å²) in [6.07, 6.45) is 1.71. The van der Waals surface area contributed by atoms with Crippen molar-refractivity contribution < 1.29 is 19.4 Å². The molecule has 1 aliphatic heterocycles. The first kappa shape index (κ1) is 28.8. The van der Waals surface area contributed by atoms with Crippen LogP contribution in [0.3, 0.4) is 0 Å². The lowest BCUT2D eigenvalue weighted by atomic mass is 10.1. The number of hydrogen-bond acceptors (Lipinski definition) is 5. The molecule has 0 saturated carbocycles. The van der Waals surface area contributed by atoms with Crippen LogP contribution in [0.25, 0.3) is 6.08 Å². The molecule has 1 fully saturated rings. The average Bonchev–Trinajstić information content (AvgIpc) is 3.23. The fourth-order valence-corrected chi connectivity index (χ4v) is 5.70. The maximum absolute atomic E-state index is 13.6. The summed E-state index contributed by atoms with van der Waals surface area (Å²) >= 11 is 20.2. The molecule has 0 radical (unpaired) electrons. The van der Waals surface area contributed by atoms with Crippen LogP contribution in [0.2, 0.25) is 15.1 Å². The lowest BCUT2D eigenvalue weighted by Crippen LogP contribution is -2.28. The van der Waals surface area contributed by atoms with E-state index in [1.165, 1.54) is 23.9 Å². The second-order valence-electron chi connectivity index (χ2n) is 8.96. The molecule has 1 heterocycles. The second kappa shape index (κ2) is 12.8. The van der Waals surface area contributed by atoms with Crippen molar-refractivity contribution in [3.05, 3.63) is 133 Å². The fraction of sp³-hybridized carbons (Fsp3) is 0.0645. The molecule has 206 valence electrons. The van der Waals surface area contributed by atoms with Crippen molar-refractivity contribution in [3.8, 4) is 5.75 Å². The molecule has 41 heavy (non-hydrogen) atoms. The van der Waals surface area contributed by atoms with E-state index < -0.39 is 5.97 Å². The minimum absolute atomic E-state index is 0.170. The number of ether oxygens (including phenoxy) is 1. The molecule has 1 amide bonds. The number of rotatable bonds is 8. The third kappa shape index (κ3) is 7.13. The van der Waals surface area contributed by atoms with E-state index in [0.29, 0.717) is 42.1 Å².